The Hall–Kier alpha value is -0.700. The first-order valence-corrected chi connectivity index (χ1v) is 3.46. The molecule has 1 rings (SSSR count). The Morgan fingerprint density at radius 1 is 1.50 bits per heavy atom. The van der Waals surface area contributed by atoms with E-state index in [1.54, 1.807) is 0 Å². The third-order valence-corrected chi connectivity index (χ3v) is 1.77. The topological polar surface area (TPSA) is 50.2 Å². The van der Waals surface area contributed by atoms with Crippen LogP contribution < -0.4 is 0 Å². The summed E-state index contributed by atoms with van der Waals surface area (Å²) in [6.45, 7) is 1.34. The van der Waals surface area contributed by atoms with E-state index in [4.69, 9.17) is 10.1 Å². The zero-order chi connectivity index (χ0) is 7.40. The summed E-state index contributed by atoms with van der Waals surface area (Å²) in [6.07, 6.45) is 2.48. The van der Waals surface area contributed by atoms with Crippen molar-refractivity contribution in [2.45, 2.75) is 12.8 Å². The summed E-state index contributed by atoms with van der Waals surface area (Å²) in [5.41, 5.74) is 0. The van der Waals surface area contributed by atoms with Crippen LogP contribution in [0.5, 0.6) is 0 Å². The summed E-state index contributed by atoms with van der Waals surface area (Å²) in [4.78, 5) is 10.9. The standard InChI is InChI=1S/C7H11NO2/c8-5-7(9)6-1-3-10-4-2-6/h5-6,8H,1-4H2. The minimum absolute atomic E-state index is 0.0525. The highest BCUT2D eigenvalue weighted by atomic mass is 16.5. The Balaban J connectivity index is 2.38. The van der Waals surface area contributed by atoms with Gasteiger partial charge in [0.05, 0.1) is 6.21 Å². The molecule has 0 spiro atoms. The summed E-state index contributed by atoms with van der Waals surface area (Å²) in [5.74, 6) is 0.00884. The summed E-state index contributed by atoms with van der Waals surface area (Å²) < 4.78 is 5.07. The zero-order valence-electron chi connectivity index (χ0n) is 5.80. The summed E-state index contributed by atoms with van der Waals surface area (Å²) in [7, 11) is 0. The van der Waals surface area contributed by atoms with Gasteiger partial charge in [0.2, 0.25) is 0 Å². The molecule has 0 radical (unpaired) electrons. The van der Waals surface area contributed by atoms with E-state index in [0.717, 1.165) is 19.1 Å². The zero-order valence-corrected chi connectivity index (χ0v) is 5.80. The molecule has 0 saturated carbocycles. The molecule has 0 bridgehead atoms. The predicted molar refractivity (Wildman–Crippen MR) is 37.3 cm³/mol. The van der Waals surface area contributed by atoms with Crippen LogP contribution in [0.4, 0.5) is 0 Å². The molecule has 3 heteroatoms. The summed E-state index contributed by atoms with van der Waals surface area (Å²) >= 11 is 0. The van der Waals surface area contributed by atoms with Crippen LogP contribution in [0.2, 0.25) is 0 Å². The normalized spacial score (nSPS) is 20.4. The summed E-state index contributed by atoms with van der Waals surface area (Å²) in [6, 6.07) is 0. The third kappa shape index (κ3) is 1.64. The van der Waals surface area contributed by atoms with E-state index in [1.165, 1.54) is 0 Å². The third-order valence-electron chi connectivity index (χ3n) is 1.77. The maximum Gasteiger partial charge on any atom is 0.176 e. The van der Waals surface area contributed by atoms with Crippen LogP contribution in [0.3, 0.4) is 0 Å². The molecule has 1 aliphatic rings. The second-order valence-corrected chi connectivity index (χ2v) is 2.43. The van der Waals surface area contributed by atoms with Crippen molar-refractivity contribution in [1.82, 2.24) is 0 Å². The van der Waals surface area contributed by atoms with Gasteiger partial charge in [-0.05, 0) is 12.8 Å². The van der Waals surface area contributed by atoms with Crippen LogP contribution >= 0.6 is 0 Å². The highest BCUT2D eigenvalue weighted by molar-refractivity contribution is 6.27. The van der Waals surface area contributed by atoms with Crippen molar-refractivity contribution in [3.63, 3.8) is 0 Å². The predicted octanol–water partition coefficient (Wildman–Crippen LogP) is 0.632. The highest BCUT2D eigenvalue weighted by Crippen LogP contribution is 2.14. The highest BCUT2D eigenvalue weighted by Gasteiger charge is 2.18. The first-order valence-electron chi connectivity index (χ1n) is 3.46. The molecule has 10 heavy (non-hydrogen) atoms. The Morgan fingerprint density at radius 2 is 2.10 bits per heavy atom. The van der Waals surface area contributed by atoms with E-state index in [1.807, 2.05) is 0 Å². The average Bonchev–Trinajstić information content (AvgIpc) is 2.05. The van der Waals surface area contributed by atoms with Crippen LogP contribution in [0.15, 0.2) is 0 Å². The quantitative estimate of drug-likeness (QED) is 0.573. The largest absolute Gasteiger partial charge is 0.381 e. The van der Waals surface area contributed by atoms with E-state index in [2.05, 4.69) is 0 Å². The van der Waals surface area contributed by atoms with E-state index < -0.39 is 0 Å². The molecule has 56 valence electrons. The fraction of sp³-hybridized carbons (Fsp3) is 0.714. The monoisotopic (exact) mass is 141 g/mol. The van der Waals surface area contributed by atoms with Crippen LogP contribution in [0, 0.1) is 11.3 Å². The molecule has 1 heterocycles. The van der Waals surface area contributed by atoms with Crippen molar-refractivity contribution < 1.29 is 9.53 Å². The van der Waals surface area contributed by atoms with Crippen LogP contribution in [0.25, 0.3) is 0 Å². The van der Waals surface area contributed by atoms with Crippen LogP contribution in [0.1, 0.15) is 12.8 Å². The van der Waals surface area contributed by atoms with Gasteiger partial charge in [0.15, 0.2) is 5.78 Å². The molecule has 1 aliphatic heterocycles. The number of Topliss-reactive ketones (excluding diaryl/α,β-unsaturated/α-hetero) is 1. The molecular weight excluding hydrogens is 130 g/mol. The van der Waals surface area contributed by atoms with Crippen molar-refractivity contribution in [2.24, 2.45) is 5.92 Å². The minimum atomic E-state index is -0.0525. The molecule has 1 N–H and O–H groups in total. The van der Waals surface area contributed by atoms with Gasteiger partial charge >= 0.3 is 0 Å². The van der Waals surface area contributed by atoms with Gasteiger partial charge in [0, 0.05) is 19.1 Å². The fourth-order valence-corrected chi connectivity index (χ4v) is 1.10. The first-order chi connectivity index (χ1) is 4.84. The molecule has 0 aromatic heterocycles. The smallest absolute Gasteiger partial charge is 0.176 e. The van der Waals surface area contributed by atoms with Crippen LogP contribution in [-0.2, 0) is 9.53 Å². The molecule has 1 fully saturated rings. The van der Waals surface area contributed by atoms with Gasteiger partial charge in [-0.1, -0.05) is 0 Å². The van der Waals surface area contributed by atoms with Gasteiger partial charge in [-0.25, -0.2) is 0 Å². The number of rotatable bonds is 2. The second-order valence-electron chi connectivity index (χ2n) is 2.43. The van der Waals surface area contributed by atoms with Gasteiger partial charge in [0.1, 0.15) is 0 Å². The van der Waals surface area contributed by atoms with E-state index in [-0.39, 0.29) is 11.7 Å². The number of ketones is 1. The van der Waals surface area contributed by atoms with Crippen molar-refractivity contribution in [3.8, 4) is 0 Å². The van der Waals surface area contributed by atoms with Crippen molar-refractivity contribution in [1.29, 1.82) is 5.41 Å². The number of carbonyl (C=O) groups is 1. The molecular formula is C7H11NO2. The molecule has 0 aromatic carbocycles. The molecule has 0 atom stereocenters. The summed E-state index contributed by atoms with van der Waals surface area (Å²) in [5, 5.41) is 6.73. The number of hydrogen-bond donors (Lipinski definition) is 1. The molecule has 1 saturated heterocycles. The lowest BCUT2D eigenvalue weighted by Crippen LogP contribution is -2.23. The van der Waals surface area contributed by atoms with Gasteiger partial charge in [0.25, 0.3) is 0 Å². The molecule has 3 nitrogen and oxygen atoms in total. The SMILES string of the molecule is N=CC(=O)C1CCOCC1. The number of nitrogens with one attached hydrogen (secondary N) is 1. The number of hydrogen-bond acceptors (Lipinski definition) is 3. The van der Waals surface area contributed by atoms with E-state index >= 15 is 0 Å². The molecule has 0 aliphatic carbocycles. The Bertz CT molecular complexity index is 139. The maximum absolute atomic E-state index is 10.9. The van der Waals surface area contributed by atoms with Crippen molar-refractivity contribution in [3.05, 3.63) is 0 Å². The van der Waals surface area contributed by atoms with Crippen LogP contribution in [-0.4, -0.2) is 25.2 Å². The minimum Gasteiger partial charge on any atom is -0.381 e. The van der Waals surface area contributed by atoms with Crippen molar-refractivity contribution >= 4 is 12.0 Å². The number of ether oxygens (including phenoxy) is 1. The lowest BCUT2D eigenvalue weighted by molar-refractivity contribution is -0.118. The molecule has 0 unspecified atom stereocenters. The fourth-order valence-electron chi connectivity index (χ4n) is 1.10. The molecule has 0 aromatic rings. The molecule has 0 amide bonds. The number of carbonyl (C=O) groups excluding carboxylic acids is 1. The van der Waals surface area contributed by atoms with Crippen molar-refractivity contribution in [2.75, 3.05) is 13.2 Å². The average molecular weight is 141 g/mol. The van der Waals surface area contributed by atoms with Gasteiger partial charge in [-0.2, -0.15) is 0 Å². The van der Waals surface area contributed by atoms with E-state index in [0.29, 0.717) is 13.2 Å². The second kappa shape index (κ2) is 3.46. The lowest BCUT2D eigenvalue weighted by atomic mass is 9.96. The first kappa shape index (κ1) is 7.41. The Labute approximate surface area is 59.9 Å². The van der Waals surface area contributed by atoms with E-state index in [9.17, 15) is 4.79 Å². The van der Waals surface area contributed by atoms with Gasteiger partial charge in [-0.3, -0.25) is 4.79 Å². The van der Waals surface area contributed by atoms with Gasteiger partial charge < -0.3 is 10.1 Å². The maximum atomic E-state index is 10.9. The Morgan fingerprint density at radius 3 is 2.60 bits per heavy atom. The lowest BCUT2D eigenvalue weighted by Gasteiger charge is -2.18. The van der Waals surface area contributed by atoms with Gasteiger partial charge in [-0.15, -0.1) is 0 Å². The Kier molecular flexibility index (Phi) is 2.57.